The molecule has 0 fully saturated rings. The zero-order valence-corrected chi connectivity index (χ0v) is 15.8. The van der Waals surface area contributed by atoms with Gasteiger partial charge in [-0.05, 0) is 63.9 Å². The van der Waals surface area contributed by atoms with Crippen molar-refractivity contribution in [3.63, 3.8) is 0 Å². The molecule has 0 unspecified atom stereocenters. The maximum Gasteiger partial charge on any atom is 0.188 e. The quantitative estimate of drug-likeness (QED) is 0.526. The number of pyridine rings is 1. The lowest BCUT2D eigenvalue weighted by atomic mass is 9.98. The monoisotopic (exact) mass is 342 g/mol. The van der Waals surface area contributed by atoms with Gasteiger partial charge in [-0.15, -0.1) is 0 Å². The smallest absolute Gasteiger partial charge is 0.188 e. The van der Waals surface area contributed by atoms with Crippen LogP contribution in [0.3, 0.4) is 0 Å². The van der Waals surface area contributed by atoms with Crippen molar-refractivity contribution < 1.29 is 0 Å². The van der Waals surface area contributed by atoms with E-state index in [1.54, 1.807) is 6.07 Å². The Hall–Kier alpha value is -2.94. The fourth-order valence-corrected chi connectivity index (χ4v) is 4.05. The molecule has 0 radical (unpaired) electrons. The van der Waals surface area contributed by atoms with E-state index < -0.39 is 0 Å². The number of hydrogen-bond acceptors (Lipinski definition) is 2. The van der Waals surface area contributed by atoms with Crippen molar-refractivity contribution in [1.29, 1.82) is 0 Å². The van der Waals surface area contributed by atoms with Gasteiger partial charge in [-0.3, -0.25) is 4.79 Å². The van der Waals surface area contributed by atoms with Crippen LogP contribution in [0.15, 0.2) is 46.2 Å². The Bertz CT molecular complexity index is 1250. The Morgan fingerprint density at radius 3 is 1.96 bits per heavy atom. The molecular formula is C23H22N2O. The number of aromatic nitrogens is 1. The van der Waals surface area contributed by atoms with E-state index in [-0.39, 0.29) is 5.43 Å². The van der Waals surface area contributed by atoms with Gasteiger partial charge in [0.25, 0.3) is 0 Å². The number of nitrogens with one attached hydrogen (secondary N) is 1. The zero-order valence-electron chi connectivity index (χ0n) is 15.8. The molecule has 3 nitrogen and oxygen atoms in total. The molecule has 0 spiro atoms. The molecule has 3 heteroatoms. The fraction of sp³-hybridized carbons (Fsp3) is 0.217. The van der Waals surface area contributed by atoms with Crippen LogP contribution in [0.5, 0.6) is 0 Å². The summed E-state index contributed by atoms with van der Waals surface area (Å²) in [5, 5.41) is 4.62. The number of hydrogen-bond donors (Lipinski definition) is 1. The first-order valence-electron chi connectivity index (χ1n) is 8.88. The van der Waals surface area contributed by atoms with Gasteiger partial charge in [-0.25, -0.2) is 4.99 Å². The van der Waals surface area contributed by atoms with Gasteiger partial charge in [0.05, 0.1) is 16.4 Å². The summed E-state index contributed by atoms with van der Waals surface area (Å²) in [5.74, 6) is 0. The highest BCUT2D eigenvalue weighted by Gasteiger charge is 2.12. The molecule has 0 aliphatic carbocycles. The van der Waals surface area contributed by atoms with E-state index in [1.807, 2.05) is 26.0 Å². The minimum absolute atomic E-state index is 0.0225. The summed E-state index contributed by atoms with van der Waals surface area (Å²) in [6.45, 7) is 10.3. The average Bonchev–Trinajstić information content (AvgIpc) is 2.57. The van der Waals surface area contributed by atoms with Crippen LogP contribution in [0.1, 0.15) is 28.1 Å². The van der Waals surface area contributed by atoms with E-state index in [0.717, 1.165) is 49.7 Å². The second kappa shape index (κ2) is 5.80. The number of H-pyrrole nitrogens is 1. The lowest BCUT2D eigenvalue weighted by molar-refractivity contribution is 1.16. The van der Waals surface area contributed by atoms with Gasteiger partial charge in [0.1, 0.15) is 0 Å². The van der Waals surface area contributed by atoms with Gasteiger partial charge in [-0.1, -0.05) is 23.8 Å². The summed E-state index contributed by atoms with van der Waals surface area (Å²) >= 11 is 0. The van der Waals surface area contributed by atoms with Crippen LogP contribution in [0.4, 0.5) is 5.69 Å². The lowest BCUT2D eigenvalue weighted by Crippen LogP contribution is -2.14. The van der Waals surface area contributed by atoms with E-state index in [4.69, 9.17) is 4.99 Å². The Morgan fingerprint density at radius 1 is 0.769 bits per heavy atom. The van der Waals surface area contributed by atoms with Crippen LogP contribution < -0.4 is 10.8 Å². The Balaban J connectivity index is 2.20. The van der Waals surface area contributed by atoms with Crippen LogP contribution in [-0.4, -0.2) is 4.98 Å². The molecule has 0 aliphatic rings. The van der Waals surface area contributed by atoms with E-state index >= 15 is 0 Å². The average molecular weight is 342 g/mol. The highest BCUT2D eigenvalue weighted by molar-refractivity contribution is 6.11. The number of aryl methyl sites for hydroxylation is 5. The normalized spacial score (nSPS) is 12.4. The van der Waals surface area contributed by atoms with Crippen molar-refractivity contribution in [1.82, 2.24) is 4.98 Å². The third kappa shape index (κ3) is 2.43. The van der Waals surface area contributed by atoms with Crippen LogP contribution in [0, 0.1) is 34.6 Å². The molecule has 1 aromatic heterocycles. The number of rotatable bonds is 1. The summed E-state index contributed by atoms with van der Waals surface area (Å²) in [6, 6.07) is 11.9. The van der Waals surface area contributed by atoms with Crippen molar-refractivity contribution in [3.05, 3.63) is 80.1 Å². The number of aromatic amines is 1. The maximum atomic E-state index is 12.8. The molecule has 0 amide bonds. The molecule has 1 N–H and O–H groups in total. The highest BCUT2D eigenvalue weighted by Crippen LogP contribution is 2.28. The maximum absolute atomic E-state index is 12.8. The predicted octanol–water partition coefficient (Wildman–Crippen LogP) is 4.89. The zero-order chi connectivity index (χ0) is 18.6. The highest BCUT2D eigenvalue weighted by atomic mass is 16.1. The molecule has 0 saturated carbocycles. The van der Waals surface area contributed by atoms with E-state index in [1.165, 1.54) is 5.56 Å². The van der Waals surface area contributed by atoms with Gasteiger partial charge in [0.2, 0.25) is 0 Å². The van der Waals surface area contributed by atoms with Crippen molar-refractivity contribution in [3.8, 4) is 0 Å². The summed E-state index contributed by atoms with van der Waals surface area (Å²) in [6.07, 6.45) is 0. The molecule has 26 heavy (non-hydrogen) atoms. The van der Waals surface area contributed by atoms with Crippen molar-refractivity contribution in [2.75, 3.05) is 0 Å². The number of benzene rings is 3. The molecule has 4 rings (SSSR count). The fourth-order valence-electron chi connectivity index (χ4n) is 4.05. The molecule has 3 aromatic carbocycles. The standard InChI is InChI=1S/C23H22N2O/c1-12-10-13(2)23(14(3)11-12)25-19-8-6-17-15(4)24-16(5)18-7-9-20(26)22(19)21(17)18/h6-11,24H,1-5H3. The molecule has 130 valence electrons. The van der Waals surface area contributed by atoms with Crippen LogP contribution >= 0.6 is 0 Å². The van der Waals surface area contributed by atoms with Gasteiger partial charge >= 0.3 is 0 Å². The van der Waals surface area contributed by atoms with Crippen molar-refractivity contribution >= 4 is 27.2 Å². The second-order valence-electron chi connectivity index (χ2n) is 7.23. The lowest BCUT2D eigenvalue weighted by Gasteiger charge is -2.12. The number of nitrogens with zero attached hydrogens (tertiary/aromatic N) is 1. The van der Waals surface area contributed by atoms with Gasteiger partial charge in [0, 0.05) is 27.5 Å². The van der Waals surface area contributed by atoms with E-state index in [2.05, 4.69) is 44.0 Å². The predicted molar refractivity (Wildman–Crippen MR) is 109 cm³/mol. The first-order valence-corrected chi connectivity index (χ1v) is 8.88. The topological polar surface area (TPSA) is 45.2 Å². The largest absolute Gasteiger partial charge is 0.362 e. The Labute approximate surface area is 152 Å². The third-order valence-electron chi connectivity index (χ3n) is 5.15. The summed E-state index contributed by atoms with van der Waals surface area (Å²) in [4.78, 5) is 21.1. The van der Waals surface area contributed by atoms with Crippen molar-refractivity contribution in [2.24, 2.45) is 4.99 Å². The minimum Gasteiger partial charge on any atom is -0.362 e. The van der Waals surface area contributed by atoms with Gasteiger partial charge in [0.15, 0.2) is 5.43 Å². The molecule has 0 bridgehead atoms. The summed E-state index contributed by atoms with van der Waals surface area (Å²) < 4.78 is 0. The van der Waals surface area contributed by atoms with E-state index in [9.17, 15) is 4.79 Å². The van der Waals surface area contributed by atoms with Gasteiger partial charge < -0.3 is 4.98 Å². The first-order chi connectivity index (χ1) is 12.4. The molecular weight excluding hydrogens is 320 g/mol. The molecule has 0 aliphatic heterocycles. The summed E-state index contributed by atoms with van der Waals surface area (Å²) in [5.41, 5.74) is 6.59. The minimum atomic E-state index is 0.0225. The van der Waals surface area contributed by atoms with Crippen LogP contribution in [0.2, 0.25) is 0 Å². The van der Waals surface area contributed by atoms with Crippen molar-refractivity contribution in [2.45, 2.75) is 34.6 Å². The molecule has 0 atom stereocenters. The SMILES string of the molecule is Cc1cc(C)c(N=c2ccc3c(C)[nH]c(C)c4ccc(=O)c2c43)c(C)c1. The van der Waals surface area contributed by atoms with Crippen LogP contribution in [0.25, 0.3) is 21.5 Å². The van der Waals surface area contributed by atoms with Gasteiger partial charge in [-0.2, -0.15) is 0 Å². The van der Waals surface area contributed by atoms with Crippen LogP contribution in [-0.2, 0) is 0 Å². The van der Waals surface area contributed by atoms with E-state index in [0.29, 0.717) is 5.39 Å². The summed E-state index contributed by atoms with van der Waals surface area (Å²) in [7, 11) is 0. The molecule has 1 heterocycles. The third-order valence-corrected chi connectivity index (χ3v) is 5.15. The first kappa shape index (κ1) is 16.5. The Kier molecular flexibility index (Phi) is 3.69. The second-order valence-corrected chi connectivity index (χ2v) is 7.23. The Morgan fingerprint density at radius 2 is 1.35 bits per heavy atom. The molecule has 0 saturated heterocycles. The molecule has 4 aromatic rings.